The normalized spacial score (nSPS) is 12.6. The topological polar surface area (TPSA) is 118 Å². The predicted molar refractivity (Wildman–Crippen MR) is 70.6 cm³/mol. The maximum absolute atomic E-state index is 11.3. The maximum atomic E-state index is 11.3. The van der Waals surface area contributed by atoms with Gasteiger partial charge in [0.1, 0.15) is 6.04 Å². The molecule has 2 atom stereocenters. The van der Waals surface area contributed by atoms with Crippen LogP contribution in [0.2, 0.25) is 0 Å². The number of amides is 1. The number of carboxylic acids is 1. The number of carbonyl (C=O) groups is 2. The second-order valence-electron chi connectivity index (χ2n) is 3.38. The minimum Gasteiger partial charge on any atom is -0.480 e. The van der Waals surface area contributed by atoms with Crippen molar-refractivity contribution in [1.29, 1.82) is 0 Å². The van der Waals surface area contributed by atoms with Gasteiger partial charge in [-0.3, -0.25) is 4.79 Å². The molecule has 0 saturated carbocycles. The molecule has 104 valence electrons. The molecule has 0 aliphatic rings. The van der Waals surface area contributed by atoms with Crippen molar-refractivity contribution in [1.82, 2.24) is 5.32 Å². The first-order valence-electron chi connectivity index (χ1n) is 5.01. The Kier molecular flexibility index (Phi) is 15.2. The van der Waals surface area contributed by atoms with E-state index in [1.54, 1.807) is 0 Å². The van der Waals surface area contributed by atoms with Gasteiger partial charge in [-0.15, -0.1) is 24.8 Å². The average molecular weight is 290 g/mol. The SMILES string of the molecule is CCCC[C@H](NC(=O)[C@H](N)CN)C(=O)O.Cl.Cl. The van der Waals surface area contributed by atoms with Crippen molar-refractivity contribution in [3.63, 3.8) is 0 Å². The quantitative estimate of drug-likeness (QED) is 0.521. The standard InChI is InChI=1S/C9H19N3O3.2ClH/c1-2-3-4-7(9(14)15)12-8(13)6(11)5-10;;/h6-7H,2-5,10-11H2,1H3,(H,12,13)(H,14,15);2*1H/t6-,7+;;/m1../s1. The van der Waals surface area contributed by atoms with Crippen molar-refractivity contribution in [2.75, 3.05) is 6.54 Å². The highest BCUT2D eigenvalue weighted by atomic mass is 35.5. The monoisotopic (exact) mass is 289 g/mol. The molecule has 0 heterocycles. The molecule has 0 unspecified atom stereocenters. The van der Waals surface area contributed by atoms with Gasteiger partial charge in [0.05, 0.1) is 6.04 Å². The summed E-state index contributed by atoms with van der Waals surface area (Å²) in [6.45, 7) is 1.96. The molecule has 8 heteroatoms. The van der Waals surface area contributed by atoms with Crippen LogP contribution in [0.15, 0.2) is 0 Å². The summed E-state index contributed by atoms with van der Waals surface area (Å²) in [7, 11) is 0. The van der Waals surface area contributed by atoms with Crippen molar-refractivity contribution in [2.24, 2.45) is 11.5 Å². The maximum Gasteiger partial charge on any atom is 0.326 e. The van der Waals surface area contributed by atoms with Crippen LogP contribution in [-0.4, -0.2) is 35.6 Å². The summed E-state index contributed by atoms with van der Waals surface area (Å²) in [5.41, 5.74) is 10.6. The molecular formula is C9H21Cl2N3O3. The van der Waals surface area contributed by atoms with E-state index in [1.807, 2.05) is 6.92 Å². The molecule has 0 saturated heterocycles. The van der Waals surface area contributed by atoms with Crippen molar-refractivity contribution in [3.05, 3.63) is 0 Å². The van der Waals surface area contributed by atoms with Gasteiger partial charge in [0.2, 0.25) is 5.91 Å². The Balaban J connectivity index is -0.000000980. The van der Waals surface area contributed by atoms with Crippen LogP contribution in [0.1, 0.15) is 26.2 Å². The molecule has 0 fully saturated rings. The lowest BCUT2D eigenvalue weighted by Gasteiger charge is -2.16. The molecule has 0 bridgehead atoms. The summed E-state index contributed by atoms with van der Waals surface area (Å²) >= 11 is 0. The Morgan fingerprint density at radius 1 is 1.35 bits per heavy atom. The Bertz CT molecular complexity index is 230. The fourth-order valence-corrected chi connectivity index (χ4v) is 1.05. The number of aliphatic carboxylic acids is 1. The lowest BCUT2D eigenvalue weighted by Crippen LogP contribution is -2.51. The van der Waals surface area contributed by atoms with Gasteiger partial charge in [-0.25, -0.2) is 4.79 Å². The number of rotatable bonds is 7. The highest BCUT2D eigenvalue weighted by molar-refractivity contribution is 5.86. The highest BCUT2D eigenvalue weighted by Gasteiger charge is 2.21. The molecule has 0 spiro atoms. The third-order valence-electron chi connectivity index (χ3n) is 2.05. The molecule has 0 aliphatic heterocycles. The number of nitrogens with two attached hydrogens (primary N) is 2. The zero-order valence-electron chi connectivity index (χ0n) is 9.72. The van der Waals surface area contributed by atoms with Crippen molar-refractivity contribution in [2.45, 2.75) is 38.3 Å². The molecule has 0 rings (SSSR count). The second kappa shape index (κ2) is 11.9. The number of nitrogens with one attached hydrogen (secondary N) is 1. The van der Waals surface area contributed by atoms with Crippen LogP contribution in [0.25, 0.3) is 0 Å². The lowest BCUT2D eigenvalue weighted by atomic mass is 10.1. The molecule has 6 nitrogen and oxygen atoms in total. The molecule has 0 aliphatic carbocycles. The van der Waals surface area contributed by atoms with Gasteiger partial charge in [-0.05, 0) is 6.42 Å². The van der Waals surface area contributed by atoms with E-state index in [1.165, 1.54) is 0 Å². The third-order valence-corrected chi connectivity index (χ3v) is 2.05. The van der Waals surface area contributed by atoms with Crippen LogP contribution in [0.3, 0.4) is 0 Å². The number of hydrogen-bond acceptors (Lipinski definition) is 4. The van der Waals surface area contributed by atoms with Crippen LogP contribution in [-0.2, 0) is 9.59 Å². The van der Waals surface area contributed by atoms with E-state index >= 15 is 0 Å². The van der Waals surface area contributed by atoms with Crippen LogP contribution in [0.5, 0.6) is 0 Å². The van der Waals surface area contributed by atoms with Gasteiger partial charge in [-0.1, -0.05) is 19.8 Å². The van der Waals surface area contributed by atoms with Crippen LogP contribution < -0.4 is 16.8 Å². The Labute approximate surface area is 113 Å². The minimum absolute atomic E-state index is 0. The summed E-state index contributed by atoms with van der Waals surface area (Å²) in [6, 6.07) is -1.71. The molecule has 0 aromatic carbocycles. The number of hydrogen-bond donors (Lipinski definition) is 4. The number of halogens is 2. The summed E-state index contributed by atoms with van der Waals surface area (Å²) in [5, 5.41) is 11.2. The van der Waals surface area contributed by atoms with Gasteiger partial charge in [0.25, 0.3) is 0 Å². The predicted octanol–water partition coefficient (Wildman–Crippen LogP) is -0.124. The van der Waals surface area contributed by atoms with E-state index in [0.29, 0.717) is 6.42 Å². The molecule has 17 heavy (non-hydrogen) atoms. The Morgan fingerprint density at radius 3 is 2.24 bits per heavy atom. The molecule has 0 radical (unpaired) electrons. The fraction of sp³-hybridized carbons (Fsp3) is 0.778. The summed E-state index contributed by atoms with van der Waals surface area (Å²) in [4.78, 5) is 22.0. The van der Waals surface area contributed by atoms with Crippen LogP contribution in [0, 0.1) is 0 Å². The summed E-state index contributed by atoms with van der Waals surface area (Å²) in [6.07, 6.45) is 2.03. The van der Waals surface area contributed by atoms with Gasteiger partial charge < -0.3 is 21.9 Å². The Hall–Kier alpha value is -0.560. The zero-order chi connectivity index (χ0) is 11.8. The molecule has 6 N–H and O–H groups in total. The van der Waals surface area contributed by atoms with E-state index in [0.717, 1.165) is 12.8 Å². The molecule has 0 aromatic heterocycles. The largest absolute Gasteiger partial charge is 0.480 e. The zero-order valence-corrected chi connectivity index (χ0v) is 11.4. The highest BCUT2D eigenvalue weighted by Crippen LogP contribution is 2.01. The number of carbonyl (C=O) groups excluding carboxylic acids is 1. The molecule has 0 aromatic rings. The first-order valence-corrected chi connectivity index (χ1v) is 5.01. The third kappa shape index (κ3) is 9.17. The smallest absolute Gasteiger partial charge is 0.326 e. The summed E-state index contributed by atoms with van der Waals surface area (Å²) < 4.78 is 0. The number of unbranched alkanes of at least 4 members (excludes halogenated alkanes) is 1. The number of carboxylic acid groups (broad SMARTS) is 1. The first-order chi connectivity index (χ1) is 7.02. The van der Waals surface area contributed by atoms with Crippen molar-refractivity contribution in [3.8, 4) is 0 Å². The average Bonchev–Trinajstić information content (AvgIpc) is 2.22. The van der Waals surface area contributed by atoms with E-state index in [9.17, 15) is 9.59 Å². The van der Waals surface area contributed by atoms with Gasteiger partial charge >= 0.3 is 5.97 Å². The van der Waals surface area contributed by atoms with Crippen molar-refractivity contribution >= 4 is 36.7 Å². The van der Waals surface area contributed by atoms with Gasteiger partial charge in [0.15, 0.2) is 0 Å². The van der Waals surface area contributed by atoms with Gasteiger partial charge in [-0.2, -0.15) is 0 Å². The van der Waals surface area contributed by atoms with E-state index in [-0.39, 0.29) is 31.4 Å². The minimum atomic E-state index is -1.04. The van der Waals surface area contributed by atoms with Crippen molar-refractivity contribution < 1.29 is 14.7 Å². The Morgan fingerprint density at radius 2 is 1.88 bits per heavy atom. The van der Waals surface area contributed by atoms with E-state index in [2.05, 4.69) is 5.32 Å². The summed E-state index contributed by atoms with van der Waals surface area (Å²) in [5.74, 6) is -1.55. The molecular weight excluding hydrogens is 269 g/mol. The van der Waals surface area contributed by atoms with Crippen LogP contribution in [0.4, 0.5) is 0 Å². The molecule has 1 amide bonds. The van der Waals surface area contributed by atoms with E-state index < -0.39 is 24.0 Å². The first kappa shape index (κ1) is 21.7. The van der Waals surface area contributed by atoms with Gasteiger partial charge in [0, 0.05) is 6.54 Å². The fourth-order valence-electron chi connectivity index (χ4n) is 1.05. The van der Waals surface area contributed by atoms with Crippen LogP contribution >= 0.6 is 24.8 Å². The lowest BCUT2D eigenvalue weighted by molar-refractivity contribution is -0.142. The van der Waals surface area contributed by atoms with E-state index in [4.69, 9.17) is 16.6 Å². The second-order valence-corrected chi connectivity index (χ2v) is 3.38.